The summed E-state index contributed by atoms with van der Waals surface area (Å²) in [5.41, 5.74) is 1.39. The van der Waals surface area contributed by atoms with Crippen LogP contribution in [0.3, 0.4) is 0 Å². The highest BCUT2D eigenvalue weighted by atomic mass is 19.1. The number of aromatic nitrogens is 2. The number of H-pyrrole nitrogens is 1. The predicted octanol–water partition coefficient (Wildman–Crippen LogP) is 3.42. The molecule has 0 unspecified atom stereocenters. The zero-order valence-electron chi connectivity index (χ0n) is 13.9. The molecule has 0 saturated carbocycles. The van der Waals surface area contributed by atoms with Gasteiger partial charge >= 0.3 is 0 Å². The summed E-state index contributed by atoms with van der Waals surface area (Å²) in [5, 5.41) is 9.63. The molecule has 0 spiro atoms. The molecular weight excluding hydrogens is 307 g/mol. The second kappa shape index (κ2) is 7.57. The number of hydrogen-bond donors (Lipinski definition) is 2. The third-order valence-electron chi connectivity index (χ3n) is 4.61. The first kappa shape index (κ1) is 16.6. The van der Waals surface area contributed by atoms with E-state index in [-0.39, 0.29) is 17.8 Å². The molecule has 1 atom stereocenters. The summed E-state index contributed by atoms with van der Waals surface area (Å²) in [6, 6.07) is 6.23. The molecule has 3 rings (SSSR count). The van der Waals surface area contributed by atoms with Crippen molar-refractivity contribution in [3.8, 4) is 11.3 Å². The first-order valence-electron chi connectivity index (χ1n) is 8.50. The van der Waals surface area contributed by atoms with Crippen molar-refractivity contribution >= 4 is 11.6 Å². The van der Waals surface area contributed by atoms with Crippen LogP contribution in [0.4, 0.5) is 10.1 Å². The minimum absolute atomic E-state index is 0.0871. The van der Waals surface area contributed by atoms with Gasteiger partial charge in [0.25, 0.3) is 0 Å². The van der Waals surface area contributed by atoms with Crippen LogP contribution in [0.15, 0.2) is 30.5 Å². The van der Waals surface area contributed by atoms with Crippen molar-refractivity contribution in [1.29, 1.82) is 0 Å². The van der Waals surface area contributed by atoms with Gasteiger partial charge in [0.1, 0.15) is 5.82 Å². The van der Waals surface area contributed by atoms with E-state index in [1.807, 2.05) is 6.92 Å². The maximum atomic E-state index is 14.0. The number of hydrogen-bond acceptors (Lipinski definition) is 3. The number of nitrogens with zero attached hydrogens (tertiary/aromatic N) is 2. The van der Waals surface area contributed by atoms with E-state index >= 15 is 0 Å². The first-order chi connectivity index (χ1) is 11.7. The lowest BCUT2D eigenvalue weighted by Gasteiger charge is -2.26. The van der Waals surface area contributed by atoms with E-state index in [1.165, 1.54) is 25.1 Å². The highest BCUT2D eigenvalue weighted by Gasteiger charge is 2.23. The third kappa shape index (κ3) is 3.64. The van der Waals surface area contributed by atoms with E-state index in [2.05, 4.69) is 20.4 Å². The van der Waals surface area contributed by atoms with Crippen LogP contribution in [-0.4, -0.2) is 40.1 Å². The first-order valence-corrected chi connectivity index (χ1v) is 8.50. The van der Waals surface area contributed by atoms with Crippen LogP contribution in [0, 0.1) is 5.82 Å². The predicted molar refractivity (Wildman–Crippen MR) is 92.1 cm³/mol. The number of amides is 1. The summed E-state index contributed by atoms with van der Waals surface area (Å²) in [6.45, 7) is 3.81. The molecule has 1 fully saturated rings. The highest BCUT2D eigenvalue weighted by molar-refractivity contribution is 5.97. The smallest absolute Gasteiger partial charge is 0.241 e. The van der Waals surface area contributed by atoms with Gasteiger partial charge in [0.2, 0.25) is 5.91 Å². The monoisotopic (exact) mass is 330 g/mol. The van der Waals surface area contributed by atoms with Crippen molar-refractivity contribution in [3.05, 3.63) is 36.3 Å². The summed E-state index contributed by atoms with van der Waals surface area (Å²) >= 11 is 0. The molecule has 1 aliphatic heterocycles. The fraction of sp³-hybridized carbons (Fsp3) is 0.444. The van der Waals surface area contributed by atoms with E-state index in [0.29, 0.717) is 16.9 Å². The Morgan fingerprint density at radius 2 is 1.96 bits per heavy atom. The zero-order chi connectivity index (χ0) is 16.9. The van der Waals surface area contributed by atoms with Gasteiger partial charge in [-0.15, -0.1) is 0 Å². The number of rotatable bonds is 4. The third-order valence-corrected chi connectivity index (χ3v) is 4.61. The van der Waals surface area contributed by atoms with Crippen molar-refractivity contribution in [2.24, 2.45) is 0 Å². The summed E-state index contributed by atoms with van der Waals surface area (Å²) in [7, 11) is 0. The Kier molecular flexibility index (Phi) is 5.25. The second-order valence-corrected chi connectivity index (χ2v) is 6.25. The fourth-order valence-corrected chi connectivity index (χ4v) is 3.14. The van der Waals surface area contributed by atoms with Gasteiger partial charge in [0, 0.05) is 5.56 Å². The molecule has 1 aromatic heterocycles. The molecule has 1 saturated heterocycles. The van der Waals surface area contributed by atoms with Crippen LogP contribution in [-0.2, 0) is 4.79 Å². The maximum Gasteiger partial charge on any atom is 0.241 e. The van der Waals surface area contributed by atoms with Gasteiger partial charge in [-0.1, -0.05) is 25.0 Å². The van der Waals surface area contributed by atoms with E-state index in [0.717, 1.165) is 25.9 Å². The largest absolute Gasteiger partial charge is 0.322 e. The van der Waals surface area contributed by atoms with E-state index in [4.69, 9.17) is 0 Å². The van der Waals surface area contributed by atoms with Gasteiger partial charge in [0.05, 0.1) is 23.6 Å². The summed E-state index contributed by atoms with van der Waals surface area (Å²) in [5.74, 6) is -0.436. The van der Waals surface area contributed by atoms with Gasteiger partial charge < -0.3 is 5.32 Å². The molecular formula is C18H23FN4O. The number of carbonyl (C=O) groups excluding carboxylic acids is 1. The highest BCUT2D eigenvalue weighted by Crippen LogP contribution is 2.27. The van der Waals surface area contributed by atoms with Crippen LogP contribution in [0.25, 0.3) is 11.3 Å². The molecule has 1 aromatic carbocycles. The molecule has 2 heterocycles. The molecule has 0 aliphatic carbocycles. The Bertz CT molecular complexity index is 692. The van der Waals surface area contributed by atoms with Crippen molar-refractivity contribution in [1.82, 2.24) is 15.1 Å². The van der Waals surface area contributed by atoms with E-state index in [9.17, 15) is 9.18 Å². The van der Waals surface area contributed by atoms with Crippen LogP contribution in [0.5, 0.6) is 0 Å². The minimum Gasteiger partial charge on any atom is -0.322 e. The summed E-state index contributed by atoms with van der Waals surface area (Å²) in [4.78, 5) is 14.8. The number of carbonyl (C=O) groups is 1. The molecule has 2 aromatic rings. The van der Waals surface area contributed by atoms with Crippen molar-refractivity contribution in [2.75, 3.05) is 18.4 Å². The van der Waals surface area contributed by atoms with Crippen molar-refractivity contribution in [3.63, 3.8) is 0 Å². The minimum atomic E-state index is -0.349. The molecule has 0 bridgehead atoms. The Morgan fingerprint density at radius 3 is 2.67 bits per heavy atom. The van der Waals surface area contributed by atoms with Crippen LogP contribution >= 0.6 is 0 Å². The summed E-state index contributed by atoms with van der Waals surface area (Å²) in [6.07, 6.45) is 6.23. The molecule has 24 heavy (non-hydrogen) atoms. The molecule has 6 heteroatoms. The second-order valence-electron chi connectivity index (χ2n) is 6.25. The van der Waals surface area contributed by atoms with E-state index < -0.39 is 0 Å². The number of nitrogens with one attached hydrogen (secondary N) is 2. The van der Waals surface area contributed by atoms with Gasteiger partial charge in [-0.2, -0.15) is 5.10 Å². The van der Waals surface area contributed by atoms with Gasteiger partial charge in [-0.3, -0.25) is 14.8 Å². The Labute approximate surface area is 141 Å². The Morgan fingerprint density at radius 1 is 1.25 bits per heavy atom. The normalized spacial score (nSPS) is 17.2. The average molecular weight is 330 g/mol. The lowest BCUT2D eigenvalue weighted by molar-refractivity contribution is -0.120. The van der Waals surface area contributed by atoms with Gasteiger partial charge in [-0.05, 0) is 45.0 Å². The fourth-order valence-electron chi connectivity index (χ4n) is 3.14. The summed E-state index contributed by atoms with van der Waals surface area (Å²) < 4.78 is 14.0. The number of aromatic amines is 1. The zero-order valence-corrected chi connectivity index (χ0v) is 13.9. The Hall–Kier alpha value is -2.21. The molecule has 5 nitrogen and oxygen atoms in total. The molecule has 0 radical (unpaired) electrons. The van der Waals surface area contributed by atoms with Crippen LogP contribution in [0.1, 0.15) is 32.6 Å². The quantitative estimate of drug-likeness (QED) is 0.903. The lowest BCUT2D eigenvalue weighted by Crippen LogP contribution is -2.42. The number of likely N-dealkylation sites (tertiary alicyclic amines) is 1. The topological polar surface area (TPSA) is 61.0 Å². The lowest BCUT2D eigenvalue weighted by atomic mass is 10.1. The van der Waals surface area contributed by atoms with Crippen molar-refractivity contribution < 1.29 is 9.18 Å². The van der Waals surface area contributed by atoms with Crippen molar-refractivity contribution in [2.45, 2.75) is 38.6 Å². The molecule has 1 amide bonds. The number of benzene rings is 1. The van der Waals surface area contributed by atoms with Gasteiger partial charge in [-0.25, -0.2) is 4.39 Å². The number of anilines is 1. The SMILES string of the molecule is C[C@H](C(=O)Nc1cn[nH]c1-c1ccccc1F)N1CCCCCC1. The molecule has 1 aliphatic rings. The number of halogens is 1. The average Bonchev–Trinajstić information content (AvgIpc) is 2.86. The molecule has 128 valence electrons. The maximum absolute atomic E-state index is 14.0. The van der Waals surface area contributed by atoms with Crippen LogP contribution in [0.2, 0.25) is 0 Å². The Balaban J connectivity index is 1.73. The standard InChI is InChI=1S/C18H23FN4O/c1-13(23-10-6-2-3-7-11-23)18(24)21-16-12-20-22-17(16)14-8-4-5-9-15(14)19/h4-5,8-9,12-13H,2-3,6-7,10-11H2,1H3,(H,20,22)(H,21,24)/t13-/m1/s1. The van der Waals surface area contributed by atoms with Crippen LogP contribution < -0.4 is 5.32 Å². The molecule has 2 N–H and O–H groups in total. The van der Waals surface area contributed by atoms with E-state index in [1.54, 1.807) is 18.2 Å². The van der Waals surface area contributed by atoms with Gasteiger partial charge in [0.15, 0.2) is 0 Å².